The Morgan fingerprint density at radius 2 is 2.00 bits per heavy atom. The molecule has 0 amide bonds. The Morgan fingerprint density at radius 1 is 1.22 bits per heavy atom. The molecule has 0 radical (unpaired) electrons. The highest BCUT2D eigenvalue weighted by atomic mass is 16.5. The highest BCUT2D eigenvalue weighted by Crippen LogP contribution is 2.27. The van der Waals surface area contributed by atoms with Gasteiger partial charge in [0.05, 0.1) is 26.2 Å². The van der Waals surface area contributed by atoms with Crippen LogP contribution < -0.4 is 21.1 Å². The number of nitrogens with one attached hydrogen (secondary N) is 2. The van der Waals surface area contributed by atoms with Gasteiger partial charge in [0.1, 0.15) is 11.6 Å². The van der Waals surface area contributed by atoms with Crippen LogP contribution >= 0.6 is 0 Å². The molecular weight excluding hydrogens is 470 g/mol. The van der Waals surface area contributed by atoms with E-state index >= 15 is 0 Å². The van der Waals surface area contributed by atoms with Crippen LogP contribution in [0.4, 0.5) is 0 Å². The third-order valence-electron chi connectivity index (χ3n) is 7.05. The fraction of sp³-hybridized carbons (Fsp3) is 0.607. The Kier molecular flexibility index (Phi) is 11.6. The number of hydrogen-bond donors (Lipinski definition) is 4. The molecule has 1 aliphatic heterocycles. The number of aryl methyl sites for hydroxylation is 1. The normalized spacial score (nSPS) is 16.9. The first-order valence-electron chi connectivity index (χ1n) is 13.6. The summed E-state index contributed by atoms with van der Waals surface area (Å²) in [5.74, 6) is 0.854. The van der Waals surface area contributed by atoms with Gasteiger partial charge < -0.3 is 31.1 Å². The van der Waals surface area contributed by atoms with Gasteiger partial charge in [-0.2, -0.15) is 0 Å². The molecule has 5 N–H and O–H groups in total. The predicted octanol–water partition coefficient (Wildman–Crippen LogP) is 3.36. The van der Waals surface area contributed by atoms with Crippen LogP contribution in [-0.4, -0.2) is 59.9 Å². The number of benzene rings is 1. The lowest BCUT2D eigenvalue weighted by molar-refractivity contribution is -0.127. The van der Waals surface area contributed by atoms with Crippen molar-refractivity contribution < 1.29 is 19.4 Å². The lowest BCUT2D eigenvalue weighted by Crippen LogP contribution is -2.42. The maximum absolute atomic E-state index is 12.5. The Morgan fingerprint density at radius 3 is 2.73 bits per heavy atom. The number of phenols is 1. The number of nitrogens with two attached hydrogens (primary N) is 1. The molecule has 1 aliphatic carbocycles. The summed E-state index contributed by atoms with van der Waals surface area (Å²) in [4.78, 5) is 31.8. The van der Waals surface area contributed by atoms with Crippen LogP contribution in [0.25, 0.3) is 0 Å². The van der Waals surface area contributed by atoms with E-state index in [1.165, 1.54) is 26.4 Å². The van der Waals surface area contributed by atoms with Crippen molar-refractivity contribution in [3.05, 3.63) is 36.2 Å². The zero-order valence-corrected chi connectivity index (χ0v) is 22.1. The molecule has 9 nitrogen and oxygen atoms in total. The third kappa shape index (κ3) is 10.3. The number of rotatable bonds is 15. The summed E-state index contributed by atoms with van der Waals surface area (Å²) in [5, 5.41) is 16.3. The van der Waals surface area contributed by atoms with Gasteiger partial charge in [-0.25, -0.2) is 0 Å². The number of Topliss-reactive ketones (excluding diaryl/α,β-unsaturated/α-hetero) is 2. The number of nitrogens with zero attached hydrogens (tertiary/aromatic N) is 2. The topological polar surface area (TPSA) is 129 Å². The monoisotopic (exact) mass is 513 g/mol. The molecule has 0 saturated heterocycles. The minimum absolute atomic E-state index is 0.0254. The maximum Gasteiger partial charge on any atom is 0.189 e. The number of aliphatic imine (C=N–C) groups is 1. The third-order valence-corrected chi connectivity index (χ3v) is 7.05. The van der Waals surface area contributed by atoms with Gasteiger partial charge in [0, 0.05) is 37.8 Å². The summed E-state index contributed by atoms with van der Waals surface area (Å²) in [7, 11) is 1.49. The SMILES string of the molecule is COc1cc(CCC(=O)CC(=O)CCCC(CCN2C=CNC2)NC(N)=NC2CCCCC2)ccc1O. The van der Waals surface area contributed by atoms with Crippen LogP contribution in [0.5, 0.6) is 11.5 Å². The van der Waals surface area contributed by atoms with Crippen LogP contribution in [0.15, 0.2) is 35.6 Å². The number of carbonyl (C=O) groups is 2. The maximum atomic E-state index is 12.5. The molecule has 1 aromatic carbocycles. The van der Waals surface area contributed by atoms with Crippen molar-refractivity contribution in [1.29, 1.82) is 0 Å². The summed E-state index contributed by atoms with van der Waals surface area (Å²) in [5.41, 5.74) is 7.15. The standard InChI is InChI=1S/C28H43N5O4/c1-37-27-18-21(11-13-26(27)36)10-12-25(35)19-24(34)9-5-8-23(14-16-33-17-15-30-20-33)32-28(29)31-22-6-3-2-4-7-22/h11,13,15,17-18,22-23,30,36H,2-10,12,14,16,19-20H2,1H3,(H3,29,31,32). The van der Waals surface area contributed by atoms with Gasteiger partial charge in [-0.05, 0) is 56.2 Å². The van der Waals surface area contributed by atoms with Gasteiger partial charge in [-0.1, -0.05) is 25.3 Å². The fourth-order valence-corrected chi connectivity index (χ4v) is 4.90. The van der Waals surface area contributed by atoms with E-state index in [1.54, 1.807) is 18.2 Å². The molecule has 1 atom stereocenters. The number of aromatic hydroxyl groups is 1. The highest BCUT2D eigenvalue weighted by Gasteiger charge is 2.17. The molecular formula is C28H43N5O4. The van der Waals surface area contributed by atoms with E-state index in [-0.39, 0.29) is 36.2 Å². The molecule has 204 valence electrons. The van der Waals surface area contributed by atoms with Crippen molar-refractivity contribution in [2.24, 2.45) is 10.7 Å². The van der Waals surface area contributed by atoms with Gasteiger partial charge in [-0.15, -0.1) is 0 Å². The van der Waals surface area contributed by atoms with E-state index in [4.69, 9.17) is 15.5 Å². The molecule has 3 rings (SSSR count). The van der Waals surface area contributed by atoms with Gasteiger partial charge in [0.2, 0.25) is 0 Å². The highest BCUT2D eigenvalue weighted by molar-refractivity contribution is 5.99. The van der Waals surface area contributed by atoms with Gasteiger partial charge >= 0.3 is 0 Å². The first kappa shape index (κ1) is 28.3. The summed E-state index contributed by atoms with van der Waals surface area (Å²) >= 11 is 0. The van der Waals surface area contributed by atoms with Crippen LogP contribution in [0.2, 0.25) is 0 Å². The minimum atomic E-state index is -0.0658. The van der Waals surface area contributed by atoms with Crippen LogP contribution in [0.3, 0.4) is 0 Å². The van der Waals surface area contributed by atoms with Crippen molar-refractivity contribution in [3.8, 4) is 11.5 Å². The van der Waals surface area contributed by atoms with E-state index < -0.39 is 0 Å². The second-order valence-corrected chi connectivity index (χ2v) is 10.1. The molecule has 1 aromatic rings. The summed E-state index contributed by atoms with van der Waals surface area (Å²) in [6.45, 7) is 1.68. The molecule has 2 aliphatic rings. The molecule has 0 spiro atoms. The van der Waals surface area contributed by atoms with Crippen molar-refractivity contribution in [1.82, 2.24) is 15.5 Å². The number of phenolic OH excluding ortho intramolecular Hbond substituents is 1. The minimum Gasteiger partial charge on any atom is -0.504 e. The number of ketones is 2. The Balaban J connectivity index is 1.41. The molecule has 1 saturated carbocycles. The summed E-state index contributed by atoms with van der Waals surface area (Å²) < 4.78 is 5.11. The average Bonchev–Trinajstić information content (AvgIpc) is 3.41. The quantitative estimate of drug-likeness (QED) is 0.160. The molecule has 9 heteroatoms. The number of hydrogen-bond acceptors (Lipinski definition) is 7. The molecule has 37 heavy (non-hydrogen) atoms. The van der Waals surface area contributed by atoms with E-state index in [0.29, 0.717) is 37.0 Å². The smallest absolute Gasteiger partial charge is 0.189 e. The first-order valence-corrected chi connectivity index (χ1v) is 13.6. The van der Waals surface area contributed by atoms with Gasteiger partial charge in [0.25, 0.3) is 0 Å². The lowest BCUT2D eigenvalue weighted by atomic mass is 9.96. The summed E-state index contributed by atoms with van der Waals surface area (Å²) in [6.07, 6.45) is 13.4. The molecule has 1 fully saturated rings. The Bertz CT molecular complexity index is 943. The van der Waals surface area contributed by atoms with E-state index in [1.807, 2.05) is 12.4 Å². The zero-order valence-electron chi connectivity index (χ0n) is 22.1. The van der Waals surface area contributed by atoms with Gasteiger partial charge in [0.15, 0.2) is 17.5 Å². The van der Waals surface area contributed by atoms with E-state index in [2.05, 4.69) is 15.5 Å². The van der Waals surface area contributed by atoms with Crippen LogP contribution in [0.1, 0.15) is 76.2 Å². The molecule has 1 heterocycles. The summed E-state index contributed by atoms with van der Waals surface area (Å²) in [6, 6.07) is 5.46. The van der Waals surface area contributed by atoms with Crippen molar-refractivity contribution in [2.45, 2.75) is 89.1 Å². The number of methoxy groups -OCH3 is 1. The van der Waals surface area contributed by atoms with Crippen molar-refractivity contribution in [3.63, 3.8) is 0 Å². The van der Waals surface area contributed by atoms with Crippen LogP contribution in [-0.2, 0) is 16.0 Å². The second kappa shape index (κ2) is 15.1. The number of ether oxygens (including phenoxy) is 1. The van der Waals surface area contributed by atoms with Crippen LogP contribution in [0, 0.1) is 0 Å². The average molecular weight is 514 g/mol. The molecule has 0 bridgehead atoms. The lowest BCUT2D eigenvalue weighted by Gasteiger charge is -2.24. The van der Waals surface area contributed by atoms with E-state index in [9.17, 15) is 14.7 Å². The van der Waals surface area contributed by atoms with Crippen molar-refractivity contribution in [2.75, 3.05) is 20.3 Å². The van der Waals surface area contributed by atoms with Crippen molar-refractivity contribution >= 4 is 17.5 Å². The number of guanidine groups is 1. The number of carbonyl (C=O) groups excluding carboxylic acids is 2. The predicted molar refractivity (Wildman–Crippen MR) is 145 cm³/mol. The zero-order chi connectivity index (χ0) is 26.5. The fourth-order valence-electron chi connectivity index (χ4n) is 4.90. The first-order chi connectivity index (χ1) is 17.9. The second-order valence-electron chi connectivity index (χ2n) is 10.1. The Hall–Kier alpha value is -3.23. The Labute approximate surface area is 220 Å². The molecule has 1 unspecified atom stereocenters. The van der Waals surface area contributed by atoms with Gasteiger partial charge in [-0.3, -0.25) is 14.6 Å². The largest absolute Gasteiger partial charge is 0.504 e. The molecule has 0 aromatic heterocycles. The van der Waals surface area contributed by atoms with E-state index in [0.717, 1.165) is 44.5 Å².